The number of urea groups is 1. The van der Waals surface area contributed by atoms with Gasteiger partial charge in [-0.25, -0.2) is 9.59 Å². The van der Waals surface area contributed by atoms with Gasteiger partial charge in [0.25, 0.3) is 0 Å². The molecule has 1 heterocycles. The maximum absolute atomic E-state index is 13.4. The Morgan fingerprint density at radius 3 is 1.59 bits per heavy atom. The second-order valence-electron chi connectivity index (χ2n) is 13.9. The molecule has 1 aliphatic heterocycles. The van der Waals surface area contributed by atoms with Crippen molar-refractivity contribution in [1.29, 1.82) is 0 Å². The zero-order valence-corrected chi connectivity index (χ0v) is 27.1. The summed E-state index contributed by atoms with van der Waals surface area (Å²) in [5.74, 6) is -2.15. The van der Waals surface area contributed by atoms with Crippen LogP contribution in [-0.2, 0) is 28.7 Å². The van der Waals surface area contributed by atoms with Crippen molar-refractivity contribution in [3.8, 4) is 0 Å². The number of hydrogen-bond donors (Lipinski definition) is 4. The molecule has 236 valence electrons. The van der Waals surface area contributed by atoms with Crippen LogP contribution in [0.25, 0.3) is 0 Å². The number of carbonyl (C=O) groups excluding carboxylic acids is 5. The number of carbonyl (C=O) groups is 5. The quantitative estimate of drug-likeness (QED) is 0.171. The van der Waals surface area contributed by atoms with E-state index in [-0.39, 0.29) is 29.5 Å². The highest BCUT2D eigenvalue weighted by atomic mass is 16.6. The predicted octanol–water partition coefficient (Wildman–Crippen LogP) is 3.10. The Hall–Kier alpha value is -2.69. The van der Waals surface area contributed by atoms with Gasteiger partial charge in [-0.1, -0.05) is 55.4 Å². The summed E-state index contributed by atoms with van der Waals surface area (Å²) in [6.07, 6.45) is 0.774. The highest BCUT2D eigenvalue weighted by Crippen LogP contribution is 2.29. The van der Waals surface area contributed by atoms with Gasteiger partial charge in [0.15, 0.2) is 5.78 Å². The summed E-state index contributed by atoms with van der Waals surface area (Å²) >= 11 is 0. The van der Waals surface area contributed by atoms with E-state index in [1.54, 1.807) is 55.4 Å². The Morgan fingerprint density at radius 2 is 1.17 bits per heavy atom. The number of ketones is 1. The normalized spacial score (nSPS) is 19.8. The molecule has 1 saturated heterocycles. The lowest BCUT2D eigenvalue weighted by atomic mass is 9.92. The van der Waals surface area contributed by atoms with Crippen LogP contribution in [0.15, 0.2) is 0 Å². The first kappa shape index (κ1) is 36.3. The van der Waals surface area contributed by atoms with Gasteiger partial charge in [0.05, 0.1) is 12.6 Å². The average molecular weight is 583 g/mol. The fourth-order valence-electron chi connectivity index (χ4n) is 4.28. The fourth-order valence-corrected chi connectivity index (χ4v) is 4.28. The summed E-state index contributed by atoms with van der Waals surface area (Å²) in [6.45, 7) is 22.1. The smallest absolute Gasteiger partial charge is 0.329 e. The lowest BCUT2D eigenvalue weighted by Gasteiger charge is -2.29. The van der Waals surface area contributed by atoms with Crippen LogP contribution >= 0.6 is 0 Å². The molecule has 1 rings (SSSR count). The van der Waals surface area contributed by atoms with Gasteiger partial charge in [-0.15, -0.1) is 0 Å². The molecule has 4 amide bonds. The second kappa shape index (κ2) is 15.0. The molecule has 0 aliphatic carbocycles. The van der Waals surface area contributed by atoms with E-state index < -0.39 is 59.2 Å². The van der Waals surface area contributed by atoms with Crippen LogP contribution in [0.2, 0.25) is 0 Å². The Morgan fingerprint density at radius 1 is 0.732 bits per heavy atom. The molecule has 0 aromatic heterocycles. The molecule has 11 nitrogen and oxygen atoms in total. The van der Waals surface area contributed by atoms with Crippen LogP contribution in [0, 0.1) is 23.7 Å². The SMILES string of the molecule is CC(C)C[C@H](NC(=O)[C@@H](NC(=O)N[C@H](C(=O)OC(C)(C)C)C(C)C)C(C)C)C(=O)N[C@@H](CC(C)C)C(=O)[C@@]1(C)CO1. The van der Waals surface area contributed by atoms with Gasteiger partial charge < -0.3 is 30.7 Å². The number of rotatable bonds is 15. The molecule has 0 unspecified atom stereocenters. The monoisotopic (exact) mass is 582 g/mol. The molecule has 0 radical (unpaired) electrons. The molecule has 11 heteroatoms. The minimum Gasteiger partial charge on any atom is -0.458 e. The summed E-state index contributed by atoms with van der Waals surface area (Å²) in [5.41, 5.74) is -1.62. The Kier molecular flexibility index (Phi) is 13.3. The Bertz CT molecular complexity index is 936. The van der Waals surface area contributed by atoms with Crippen molar-refractivity contribution in [2.24, 2.45) is 23.7 Å². The molecule has 4 N–H and O–H groups in total. The number of amides is 4. The predicted molar refractivity (Wildman–Crippen MR) is 157 cm³/mol. The van der Waals surface area contributed by atoms with Gasteiger partial charge in [-0.2, -0.15) is 0 Å². The lowest BCUT2D eigenvalue weighted by Crippen LogP contribution is -2.60. The van der Waals surface area contributed by atoms with Crippen LogP contribution in [0.3, 0.4) is 0 Å². The van der Waals surface area contributed by atoms with Crippen LogP contribution in [-0.4, -0.2) is 71.6 Å². The van der Waals surface area contributed by atoms with E-state index in [1.807, 2.05) is 27.7 Å². The van der Waals surface area contributed by atoms with Crippen LogP contribution in [0.5, 0.6) is 0 Å². The number of nitrogens with one attached hydrogen (secondary N) is 4. The van der Waals surface area contributed by atoms with E-state index in [2.05, 4.69) is 21.3 Å². The van der Waals surface area contributed by atoms with E-state index in [1.165, 1.54) is 0 Å². The van der Waals surface area contributed by atoms with Crippen LogP contribution < -0.4 is 21.3 Å². The van der Waals surface area contributed by atoms with Crippen LogP contribution in [0.1, 0.15) is 95.9 Å². The highest BCUT2D eigenvalue weighted by molar-refractivity contribution is 5.98. The van der Waals surface area contributed by atoms with Gasteiger partial charge in [-0.05, 0) is 64.2 Å². The molecule has 0 aromatic rings. The Balaban J connectivity index is 3.03. The maximum Gasteiger partial charge on any atom is 0.329 e. The number of hydrogen-bond acceptors (Lipinski definition) is 7. The van der Waals surface area contributed by atoms with Crippen molar-refractivity contribution in [2.45, 2.75) is 131 Å². The van der Waals surface area contributed by atoms with E-state index >= 15 is 0 Å². The minimum atomic E-state index is -0.990. The maximum atomic E-state index is 13.4. The van der Waals surface area contributed by atoms with Gasteiger partial charge >= 0.3 is 12.0 Å². The van der Waals surface area contributed by atoms with Gasteiger partial charge in [0.1, 0.15) is 29.3 Å². The molecule has 0 saturated carbocycles. The van der Waals surface area contributed by atoms with Gasteiger partial charge in [-0.3, -0.25) is 14.4 Å². The zero-order valence-electron chi connectivity index (χ0n) is 27.1. The molecule has 41 heavy (non-hydrogen) atoms. The zero-order chi connectivity index (χ0) is 31.9. The number of epoxide rings is 1. The van der Waals surface area contributed by atoms with E-state index in [9.17, 15) is 24.0 Å². The molecule has 0 bridgehead atoms. The van der Waals surface area contributed by atoms with Gasteiger partial charge in [0, 0.05) is 0 Å². The van der Waals surface area contributed by atoms with Crippen molar-refractivity contribution in [3.05, 3.63) is 0 Å². The molecular weight excluding hydrogens is 528 g/mol. The largest absolute Gasteiger partial charge is 0.458 e. The molecule has 0 spiro atoms. The van der Waals surface area contributed by atoms with Gasteiger partial charge in [0.2, 0.25) is 11.8 Å². The second-order valence-corrected chi connectivity index (χ2v) is 13.9. The topological polar surface area (TPSA) is 155 Å². The molecule has 5 atom stereocenters. The minimum absolute atomic E-state index is 0.0592. The van der Waals surface area contributed by atoms with Crippen molar-refractivity contribution < 1.29 is 33.4 Å². The highest BCUT2D eigenvalue weighted by Gasteiger charge is 2.50. The van der Waals surface area contributed by atoms with Crippen molar-refractivity contribution >= 4 is 29.6 Å². The van der Waals surface area contributed by atoms with Crippen molar-refractivity contribution in [2.75, 3.05) is 6.61 Å². The lowest BCUT2D eigenvalue weighted by molar-refractivity contribution is -0.158. The summed E-state index contributed by atoms with van der Waals surface area (Å²) < 4.78 is 10.8. The summed E-state index contributed by atoms with van der Waals surface area (Å²) in [6, 6.07) is -4.28. The standard InChI is InChI=1S/C30H54N4O7/c1-16(2)13-20(24(35)30(12)15-40-30)31-25(36)21(14-17(3)4)32-26(37)22(18(5)6)33-28(39)34-23(19(7)8)27(38)41-29(9,10)11/h16-23H,13-15H2,1-12H3,(H,31,36)(H,32,37)(H2,33,34,39)/t20-,21-,22-,23-,30+/m0/s1. The third-order valence-corrected chi connectivity index (χ3v) is 6.63. The summed E-state index contributed by atoms with van der Waals surface area (Å²) in [4.78, 5) is 65.4. The molecule has 1 fully saturated rings. The van der Waals surface area contributed by atoms with Crippen molar-refractivity contribution in [1.82, 2.24) is 21.3 Å². The Labute approximate surface area is 246 Å². The van der Waals surface area contributed by atoms with Crippen molar-refractivity contribution in [3.63, 3.8) is 0 Å². The van der Waals surface area contributed by atoms with E-state index in [0.29, 0.717) is 19.4 Å². The number of esters is 1. The summed E-state index contributed by atoms with van der Waals surface area (Å²) in [5, 5.41) is 10.9. The van der Waals surface area contributed by atoms with Crippen LogP contribution in [0.4, 0.5) is 4.79 Å². The first-order valence-electron chi connectivity index (χ1n) is 14.8. The molecule has 0 aromatic carbocycles. The molecular formula is C30H54N4O7. The third kappa shape index (κ3) is 12.4. The van der Waals surface area contributed by atoms with E-state index in [0.717, 1.165) is 0 Å². The fraction of sp³-hybridized carbons (Fsp3) is 0.833. The molecule has 1 aliphatic rings. The van der Waals surface area contributed by atoms with E-state index in [4.69, 9.17) is 9.47 Å². The first-order chi connectivity index (χ1) is 18.7. The number of Topliss-reactive ketones (excluding diaryl/α,β-unsaturated/α-hetero) is 1. The number of ether oxygens (including phenoxy) is 2. The average Bonchev–Trinajstić information content (AvgIpc) is 3.55. The third-order valence-electron chi connectivity index (χ3n) is 6.63. The summed E-state index contributed by atoms with van der Waals surface area (Å²) in [7, 11) is 0. The first-order valence-corrected chi connectivity index (χ1v) is 14.8.